The van der Waals surface area contributed by atoms with Crippen molar-refractivity contribution >= 4 is 12.3 Å². The SMILES string of the molecule is [2H]/C(=C\C=O)c1cc(O)c(O)c([2H])c1[2H]. The summed E-state index contributed by atoms with van der Waals surface area (Å²) in [5.74, 6) is -1.29. The Morgan fingerprint density at radius 2 is 2.17 bits per heavy atom. The van der Waals surface area contributed by atoms with Crippen LogP contribution in [0.2, 0.25) is 0 Å². The fraction of sp³-hybridized carbons (Fsp3) is 0. The summed E-state index contributed by atoms with van der Waals surface area (Å²) in [5.41, 5.74) is -0.0811. The lowest BCUT2D eigenvalue weighted by atomic mass is 10.2. The van der Waals surface area contributed by atoms with Crippen molar-refractivity contribution in [1.82, 2.24) is 0 Å². The van der Waals surface area contributed by atoms with Crippen LogP contribution >= 0.6 is 0 Å². The highest BCUT2D eigenvalue weighted by Crippen LogP contribution is 2.25. The molecule has 1 aromatic carbocycles. The van der Waals surface area contributed by atoms with E-state index < -0.39 is 23.6 Å². The van der Waals surface area contributed by atoms with Gasteiger partial charge < -0.3 is 10.2 Å². The maximum atomic E-state index is 10.1. The second-order valence-corrected chi connectivity index (χ2v) is 1.99. The van der Waals surface area contributed by atoms with Crippen LogP contribution in [0.5, 0.6) is 11.5 Å². The Morgan fingerprint density at radius 1 is 1.42 bits per heavy atom. The van der Waals surface area contributed by atoms with Crippen molar-refractivity contribution in [1.29, 1.82) is 0 Å². The summed E-state index contributed by atoms with van der Waals surface area (Å²) < 4.78 is 22.0. The van der Waals surface area contributed by atoms with Gasteiger partial charge in [-0.25, -0.2) is 0 Å². The monoisotopic (exact) mass is 167 g/mol. The lowest BCUT2D eigenvalue weighted by Crippen LogP contribution is -1.73. The molecule has 0 bridgehead atoms. The topological polar surface area (TPSA) is 57.5 Å². The first kappa shape index (κ1) is 4.98. The molecule has 12 heavy (non-hydrogen) atoms. The molecular formula is C9H8O3. The molecule has 1 rings (SSSR count). The third-order valence-electron chi connectivity index (χ3n) is 1.15. The molecule has 0 amide bonds. The first-order valence-electron chi connectivity index (χ1n) is 4.63. The van der Waals surface area contributed by atoms with Gasteiger partial charge in [0.2, 0.25) is 0 Å². The number of rotatable bonds is 2. The van der Waals surface area contributed by atoms with Crippen molar-refractivity contribution < 1.29 is 19.1 Å². The fourth-order valence-corrected chi connectivity index (χ4v) is 0.633. The largest absolute Gasteiger partial charge is 0.504 e. The van der Waals surface area contributed by atoms with Gasteiger partial charge in [0.25, 0.3) is 0 Å². The van der Waals surface area contributed by atoms with Crippen molar-refractivity contribution in [3.8, 4) is 11.5 Å². The predicted octanol–water partition coefficient (Wildman–Crippen LogP) is 1.31. The molecule has 0 fully saturated rings. The highest BCUT2D eigenvalue weighted by molar-refractivity contribution is 5.74. The van der Waals surface area contributed by atoms with Crippen LogP contribution in [-0.4, -0.2) is 16.5 Å². The number of carbonyl (C=O) groups is 1. The van der Waals surface area contributed by atoms with Gasteiger partial charge in [0.15, 0.2) is 11.5 Å². The lowest BCUT2D eigenvalue weighted by Gasteiger charge is -1.97. The van der Waals surface area contributed by atoms with E-state index in [9.17, 15) is 9.90 Å². The molecule has 0 aromatic heterocycles. The molecular weight excluding hydrogens is 156 g/mol. The molecule has 3 heteroatoms. The number of aromatic hydroxyl groups is 2. The third kappa shape index (κ3) is 1.85. The molecule has 0 saturated heterocycles. The first-order chi connectivity index (χ1) is 6.99. The zero-order chi connectivity index (χ0) is 11.6. The second kappa shape index (κ2) is 3.57. The van der Waals surface area contributed by atoms with Gasteiger partial charge in [-0.2, -0.15) is 0 Å². The summed E-state index contributed by atoms with van der Waals surface area (Å²) in [4.78, 5) is 10.1. The van der Waals surface area contributed by atoms with Crippen LogP contribution in [-0.2, 0) is 4.79 Å². The average Bonchev–Trinajstić information content (AvgIpc) is 2.20. The Hall–Kier alpha value is -1.77. The van der Waals surface area contributed by atoms with Gasteiger partial charge in [-0.3, -0.25) is 4.79 Å². The van der Waals surface area contributed by atoms with E-state index in [-0.39, 0.29) is 11.6 Å². The van der Waals surface area contributed by atoms with Gasteiger partial charge in [-0.15, -0.1) is 0 Å². The maximum absolute atomic E-state index is 10.1. The summed E-state index contributed by atoms with van der Waals surface area (Å²) >= 11 is 0. The number of benzene rings is 1. The van der Waals surface area contributed by atoms with E-state index in [1.54, 1.807) is 0 Å². The molecule has 0 saturated carbocycles. The Morgan fingerprint density at radius 3 is 2.83 bits per heavy atom. The Balaban J connectivity index is 3.45. The van der Waals surface area contributed by atoms with E-state index in [1.165, 1.54) is 0 Å². The molecule has 1 aromatic rings. The summed E-state index contributed by atoms with van der Waals surface area (Å²) in [5, 5.41) is 18.3. The third-order valence-corrected chi connectivity index (χ3v) is 1.15. The number of carbonyl (C=O) groups excluding carboxylic acids is 1. The molecule has 3 nitrogen and oxygen atoms in total. The minimum Gasteiger partial charge on any atom is -0.504 e. The maximum Gasteiger partial charge on any atom is 0.157 e. The standard InChI is InChI=1S/C9H8O3/c10-5-1-2-7-3-4-8(11)9(12)6-7/h1-6,11-12H/b2-1+/i2D,3D,4D. The highest BCUT2D eigenvalue weighted by Gasteiger charge is 1.96. The van der Waals surface area contributed by atoms with Gasteiger partial charge in [-0.1, -0.05) is 12.1 Å². The molecule has 0 radical (unpaired) electrons. The van der Waals surface area contributed by atoms with E-state index >= 15 is 0 Å². The summed E-state index contributed by atoms with van der Waals surface area (Å²) in [6.07, 6.45) is 1.26. The van der Waals surface area contributed by atoms with Gasteiger partial charge in [-0.05, 0) is 23.7 Å². The number of hydrogen-bond donors (Lipinski definition) is 2. The van der Waals surface area contributed by atoms with Crippen LogP contribution in [0.3, 0.4) is 0 Å². The second-order valence-electron chi connectivity index (χ2n) is 1.99. The average molecular weight is 167 g/mol. The quantitative estimate of drug-likeness (QED) is 0.396. The minimum atomic E-state index is -0.706. The van der Waals surface area contributed by atoms with Crippen LogP contribution in [0.15, 0.2) is 24.2 Å². The van der Waals surface area contributed by atoms with Crippen LogP contribution in [0.4, 0.5) is 0 Å². The van der Waals surface area contributed by atoms with Crippen LogP contribution in [0.1, 0.15) is 9.68 Å². The van der Waals surface area contributed by atoms with Gasteiger partial charge in [0, 0.05) is 0 Å². The molecule has 0 aliphatic rings. The Kier molecular flexibility index (Phi) is 1.48. The number of allylic oxidation sites excluding steroid dienone is 1. The number of aldehydes is 1. The van der Waals surface area contributed by atoms with Crippen molar-refractivity contribution in [2.24, 2.45) is 0 Å². The molecule has 0 aliphatic carbocycles. The zero-order valence-electron chi connectivity index (χ0n) is 9.03. The van der Waals surface area contributed by atoms with Gasteiger partial charge in [0.1, 0.15) is 6.29 Å². The van der Waals surface area contributed by atoms with Gasteiger partial charge in [0.05, 0.1) is 4.11 Å². The molecule has 62 valence electrons. The minimum absolute atomic E-state index is 0.0811. The van der Waals surface area contributed by atoms with Crippen LogP contribution in [0, 0.1) is 0 Å². The summed E-state index contributed by atoms with van der Waals surface area (Å²) in [7, 11) is 0. The predicted molar refractivity (Wildman–Crippen MR) is 44.9 cm³/mol. The lowest BCUT2D eigenvalue weighted by molar-refractivity contribution is -0.104. The molecule has 0 heterocycles. The fourth-order valence-electron chi connectivity index (χ4n) is 0.633. The van der Waals surface area contributed by atoms with Crippen molar-refractivity contribution in [2.45, 2.75) is 0 Å². The van der Waals surface area contributed by atoms with Crippen LogP contribution < -0.4 is 0 Å². The normalized spacial score (nSPS) is 14.7. The smallest absolute Gasteiger partial charge is 0.157 e. The molecule has 2 N–H and O–H groups in total. The molecule has 0 spiro atoms. The van der Waals surface area contributed by atoms with E-state index in [4.69, 9.17) is 9.22 Å². The molecule has 0 atom stereocenters. The van der Waals surface area contributed by atoms with Crippen molar-refractivity contribution in [3.63, 3.8) is 0 Å². The van der Waals surface area contributed by atoms with Crippen LogP contribution in [0.25, 0.3) is 6.05 Å². The zero-order valence-corrected chi connectivity index (χ0v) is 6.03. The number of hydrogen-bond acceptors (Lipinski definition) is 3. The summed E-state index contributed by atoms with van der Waals surface area (Å²) in [6, 6.07) is -0.306. The van der Waals surface area contributed by atoms with E-state index in [0.29, 0.717) is 6.29 Å². The van der Waals surface area contributed by atoms with E-state index in [0.717, 1.165) is 12.1 Å². The van der Waals surface area contributed by atoms with Gasteiger partial charge >= 0.3 is 0 Å². The van der Waals surface area contributed by atoms with E-state index in [2.05, 4.69) is 0 Å². The highest BCUT2D eigenvalue weighted by atomic mass is 16.3. The molecule has 0 unspecified atom stereocenters. The van der Waals surface area contributed by atoms with E-state index in [1.807, 2.05) is 0 Å². The summed E-state index contributed by atoms with van der Waals surface area (Å²) in [6.45, 7) is 0. The Bertz CT molecular complexity index is 441. The van der Waals surface area contributed by atoms with Crippen molar-refractivity contribution in [2.75, 3.05) is 0 Å². The Labute approximate surface area is 73.8 Å². The number of phenolic OH excluding ortho intramolecular Hbond substituents is 2. The van der Waals surface area contributed by atoms with Crippen molar-refractivity contribution in [3.05, 3.63) is 29.8 Å². The number of phenols is 2. The first-order valence-corrected chi connectivity index (χ1v) is 3.13. The molecule has 0 aliphatic heterocycles.